The second-order valence-corrected chi connectivity index (χ2v) is 6.46. The van der Waals surface area contributed by atoms with Gasteiger partial charge in [-0.05, 0) is 18.6 Å². The molecule has 6 heteroatoms. The van der Waals surface area contributed by atoms with E-state index in [0.717, 1.165) is 5.52 Å². The molecule has 0 spiro atoms. The van der Waals surface area contributed by atoms with Gasteiger partial charge in [-0.25, -0.2) is 8.42 Å². The van der Waals surface area contributed by atoms with Gasteiger partial charge in [0.2, 0.25) is 0 Å². The Bertz CT molecular complexity index is 615. The minimum absolute atomic E-state index is 0.0898. The summed E-state index contributed by atoms with van der Waals surface area (Å²) in [6, 6.07) is 7.75. The Morgan fingerprint density at radius 1 is 1.35 bits per heavy atom. The molecule has 5 nitrogen and oxygen atoms in total. The second kappa shape index (κ2) is 3.73. The monoisotopic (exact) mass is 252 g/mol. The predicted molar refractivity (Wildman–Crippen MR) is 64.7 cm³/mol. The number of nitrogens with zero attached hydrogens (tertiary/aromatic N) is 1. The molecule has 1 aromatic carbocycles. The molecule has 1 N–H and O–H groups in total. The maximum Gasteiger partial charge on any atom is 0.295 e. The fourth-order valence-electron chi connectivity index (χ4n) is 2.02. The molecule has 1 aliphatic heterocycles. The third-order valence-electron chi connectivity index (χ3n) is 2.85. The smallest absolute Gasteiger partial charge is 0.295 e. The molecule has 1 unspecified atom stereocenters. The molecule has 17 heavy (non-hydrogen) atoms. The summed E-state index contributed by atoms with van der Waals surface area (Å²) in [5.74, 6) is 0.399. The Kier molecular flexibility index (Phi) is 2.32. The van der Waals surface area contributed by atoms with Gasteiger partial charge >= 0.3 is 0 Å². The summed E-state index contributed by atoms with van der Waals surface area (Å²) in [7, 11) is -2.88. The zero-order valence-corrected chi connectivity index (χ0v) is 9.90. The molecule has 1 aromatic heterocycles. The first-order chi connectivity index (χ1) is 8.12. The second-order valence-electron chi connectivity index (χ2n) is 4.23. The number of fused-ring (bicyclic) bond motifs is 1. The Labute approximate surface area is 98.8 Å². The van der Waals surface area contributed by atoms with Crippen LogP contribution in [0.4, 0.5) is 6.01 Å². The largest absolute Gasteiger partial charge is 0.424 e. The summed E-state index contributed by atoms with van der Waals surface area (Å²) in [5, 5.41) is 3.03. The summed E-state index contributed by atoms with van der Waals surface area (Å²) in [6.07, 6.45) is 0.612. The van der Waals surface area contributed by atoms with E-state index in [9.17, 15) is 8.42 Å². The minimum atomic E-state index is -2.88. The Balaban J connectivity index is 1.81. The van der Waals surface area contributed by atoms with Crippen LogP contribution in [-0.4, -0.2) is 30.9 Å². The first-order valence-electron chi connectivity index (χ1n) is 5.45. The molecule has 1 saturated heterocycles. The molecule has 0 saturated carbocycles. The normalized spacial score (nSPS) is 22.9. The number of oxazole rings is 1. The minimum Gasteiger partial charge on any atom is -0.424 e. The van der Waals surface area contributed by atoms with Crippen LogP contribution >= 0.6 is 0 Å². The van der Waals surface area contributed by atoms with E-state index in [2.05, 4.69) is 10.3 Å². The van der Waals surface area contributed by atoms with Gasteiger partial charge in [0.1, 0.15) is 5.52 Å². The standard InChI is InChI=1S/C11H12N2O3S/c14-17(15)6-5-8(7-17)12-11-13-9-3-1-2-4-10(9)16-11/h1-4,8H,5-7H2,(H,12,13). The maximum atomic E-state index is 11.3. The highest BCUT2D eigenvalue weighted by atomic mass is 32.2. The van der Waals surface area contributed by atoms with Crippen LogP contribution in [0, 0.1) is 0 Å². The first kappa shape index (κ1) is 10.6. The lowest BCUT2D eigenvalue weighted by molar-refractivity contribution is 0.597. The zero-order chi connectivity index (χ0) is 11.9. The Hall–Kier alpha value is -1.56. The number of nitrogens with one attached hydrogen (secondary N) is 1. The highest BCUT2D eigenvalue weighted by Crippen LogP contribution is 2.21. The summed E-state index contributed by atoms with van der Waals surface area (Å²) in [6.45, 7) is 0. The fourth-order valence-corrected chi connectivity index (χ4v) is 3.69. The number of benzene rings is 1. The number of hydrogen-bond acceptors (Lipinski definition) is 5. The number of aromatic nitrogens is 1. The Morgan fingerprint density at radius 2 is 2.18 bits per heavy atom. The van der Waals surface area contributed by atoms with E-state index in [1.54, 1.807) is 0 Å². The van der Waals surface area contributed by atoms with E-state index in [4.69, 9.17) is 4.42 Å². The van der Waals surface area contributed by atoms with Gasteiger partial charge in [-0.2, -0.15) is 4.98 Å². The number of hydrogen-bond donors (Lipinski definition) is 1. The molecular formula is C11H12N2O3S. The van der Waals surface area contributed by atoms with Gasteiger partial charge < -0.3 is 9.73 Å². The quantitative estimate of drug-likeness (QED) is 0.875. The molecular weight excluding hydrogens is 240 g/mol. The first-order valence-corrected chi connectivity index (χ1v) is 7.27. The van der Waals surface area contributed by atoms with Crippen LogP contribution in [0.3, 0.4) is 0 Å². The molecule has 0 bridgehead atoms. The third-order valence-corrected chi connectivity index (χ3v) is 4.62. The van der Waals surface area contributed by atoms with Gasteiger partial charge in [0.15, 0.2) is 15.4 Å². The summed E-state index contributed by atoms with van der Waals surface area (Å²) in [5.41, 5.74) is 1.48. The molecule has 2 aromatic rings. The third kappa shape index (κ3) is 2.12. The molecule has 1 atom stereocenters. The van der Waals surface area contributed by atoms with Gasteiger partial charge in [0, 0.05) is 6.04 Å². The van der Waals surface area contributed by atoms with Gasteiger partial charge in [0.25, 0.3) is 6.01 Å². The average molecular weight is 252 g/mol. The highest BCUT2D eigenvalue weighted by Gasteiger charge is 2.28. The van der Waals surface area contributed by atoms with Crippen molar-refractivity contribution in [1.82, 2.24) is 4.98 Å². The molecule has 0 radical (unpaired) electrons. The van der Waals surface area contributed by atoms with Crippen molar-refractivity contribution in [1.29, 1.82) is 0 Å². The molecule has 0 aliphatic carbocycles. The molecule has 1 fully saturated rings. The topological polar surface area (TPSA) is 72.2 Å². The van der Waals surface area contributed by atoms with E-state index in [1.165, 1.54) is 0 Å². The van der Waals surface area contributed by atoms with Crippen molar-refractivity contribution in [2.75, 3.05) is 16.8 Å². The number of para-hydroxylation sites is 2. The number of sulfone groups is 1. The van der Waals surface area contributed by atoms with Crippen LogP contribution in [0.5, 0.6) is 0 Å². The van der Waals surface area contributed by atoms with Crippen LogP contribution < -0.4 is 5.32 Å². The van der Waals surface area contributed by atoms with E-state index in [-0.39, 0.29) is 17.5 Å². The van der Waals surface area contributed by atoms with Crippen LogP contribution in [-0.2, 0) is 9.84 Å². The van der Waals surface area contributed by atoms with Crippen molar-refractivity contribution >= 4 is 27.0 Å². The molecule has 90 valence electrons. The SMILES string of the molecule is O=S1(=O)CCC(Nc2nc3ccccc3o2)C1. The molecule has 0 amide bonds. The van der Waals surface area contributed by atoms with E-state index >= 15 is 0 Å². The summed E-state index contributed by atoms with van der Waals surface area (Å²) >= 11 is 0. The van der Waals surface area contributed by atoms with Crippen molar-refractivity contribution in [2.24, 2.45) is 0 Å². The fraction of sp³-hybridized carbons (Fsp3) is 0.364. The molecule has 3 rings (SSSR count). The van der Waals surface area contributed by atoms with Crippen LogP contribution in [0.2, 0.25) is 0 Å². The maximum absolute atomic E-state index is 11.3. The van der Waals surface area contributed by atoms with Crippen molar-refractivity contribution in [3.05, 3.63) is 24.3 Å². The van der Waals surface area contributed by atoms with Gasteiger partial charge in [0.05, 0.1) is 11.5 Å². The van der Waals surface area contributed by atoms with Crippen molar-refractivity contribution < 1.29 is 12.8 Å². The highest BCUT2D eigenvalue weighted by molar-refractivity contribution is 7.91. The Morgan fingerprint density at radius 3 is 2.88 bits per heavy atom. The lowest BCUT2D eigenvalue weighted by Crippen LogP contribution is -2.20. The van der Waals surface area contributed by atoms with E-state index in [0.29, 0.717) is 18.0 Å². The van der Waals surface area contributed by atoms with Crippen LogP contribution in [0.15, 0.2) is 28.7 Å². The molecule has 1 aliphatic rings. The lowest BCUT2D eigenvalue weighted by Gasteiger charge is -2.06. The predicted octanol–water partition coefficient (Wildman–Crippen LogP) is 1.43. The number of rotatable bonds is 2. The van der Waals surface area contributed by atoms with E-state index in [1.807, 2.05) is 24.3 Å². The molecule has 2 heterocycles. The summed E-state index contributed by atoms with van der Waals surface area (Å²) < 4.78 is 28.1. The van der Waals surface area contributed by atoms with Crippen LogP contribution in [0.1, 0.15) is 6.42 Å². The van der Waals surface area contributed by atoms with Gasteiger partial charge in [-0.1, -0.05) is 12.1 Å². The lowest BCUT2D eigenvalue weighted by atomic mass is 10.3. The number of anilines is 1. The average Bonchev–Trinajstić information content (AvgIpc) is 2.81. The van der Waals surface area contributed by atoms with Gasteiger partial charge in [-0.3, -0.25) is 0 Å². The summed E-state index contributed by atoms with van der Waals surface area (Å²) in [4.78, 5) is 4.25. The van der Waals surface area contributed by atoms with Crippen molar-refractivity contribution in [3.63, 3.8) is 0 Å². The van der Waals surface area contributed by atoms with E-state index < -0.39 is 9.84 Å². The van der Waals surface area contributed by atoms with Gasteiger partial charge in [-0.15, -0.1) is 0 Å². The zero-order valence-electron chi connectivity index (χ0n) is 9.09. The van der Waals surface area contributed by atoms with Crippen LogP contribution in [0.25, 0.3) is 11.1 Å². The van der Waals surface area contributed by atoms with Crippen molar-refractivity contribution in [2.45, 2.75) is 12.5 Å². The van der Waals surface area contributed by atoms with Crippen molar-refractivity contribution in [3.8, 4) is 0 Å².